The van der Waals surface area contributed by atoms with E-state index in [1.54, 1.807) is 7.11 Å². The molecule has 0 aliphatic rings. The van der Waals surface area contributed by atoms with E-state index >= 15 is 0 Å². The minimum absolute atomic E-state index is 0.00700. The number of ether oxygens (including phenoxy) is 1. The molecule has 0 saturated heterocycles. The molecule has 1 amide bonds. The van der Waals surface area contributed by atoms with E-state index in [4.69, 9.17) is 16.3 Å². The molecule has 0 N–H and O–H groups in total. The fourth-order valence-electron chi connectivity index (χ4n) is 3.11. The number of carbonyl (C=O) groups excluding carboxylic acids is 1. The summed E-state index contributed by atoms with van der Waals surface area (Å²) in [5.41, 5.74) is 4.01. The Hall–Kier alpha value is -2.56. The lowest BCUT2D eigenvalue weighted by Crippen LogP contribution is -2.34. The first-order valence-corrected chi connectivity index (χ1v) is 9.68. The van der Waals surface area contributed by atoms with Crippen LogP contribution in [0.3, 0.4) is 0 Å². The Morgan fingerprint density at radius 3 is 2.61 bits per heavy atom. The molecule has 0 saturated carbocycles. The lowest BCUT2D eigenvalue weighted by atomic mass is 10.1. The highest BCUT2D eigenvalue weighted by atomic mass is 35.5. The van der Waals surface area contributed by atoms with Crippen LogP contribution in [-0.2, 0) is 17.8 Å². The van der Waals surface area contributed by atoms with Crippen LogP contribution in [-0.4, -0.2) is 35.6 Å². The first-order valence-electron chi connectivity index (χ1n) is 9.30. The van der Waals surface area contributed by atoms with Gasteiger partial charge in [0.25, 0.3) is 5.91 Å². The Bertz CT molecular complexity index is 918. The van der Waals surface area contributed by atoms with Crippen LogP contribution in [0.5, 0.6) is 0 Å². The second kappa shape index (κ2) is 9.58. The third-order valence-electron chi connectivity index (χ3n) is 4.67. The van der Waals surface area contributed by atoms with Gasteiger partial charge in [-0.25, -0.2) is 0 Å². The number of nitrogens with zero attached hydrogens (tertiary/aromatic N) is 2. The van der Waals surface area contributed by atoms with Gasteiger partial charge in [-0.15, -0.1) is 0 Å². The number of hydrogen-bond donors (Lipinski definition) is 0. The monoisotopic (exact) mass is 396 g/mol. The van der Waals surface area contributed by atoms with Gasteiger partial charge in [-0.05, 0) is 48.9 Å². The largest absolute Gasteiger partial charge is 0.383 e. The molecule has 5 heteroatoms. The summed E-state index contributed by atoms with van der Waals surface area (Å²) in [6.07, 6.45) is 2.03. The highest BCUT2D eigenvalue weighted by Gasteiger charge is 2.17. The molecule has 0 spiro atoms. The maximum atomic E-state index is 13.0. The zero-order chi connectivity index (χ0) is 19.9. The van der Waals surface area contributed by atoms with Crippen molar-refractivity contribution in [1.29, 1.82) is 0 Å². The van der Waals surface area contributed by atoms with Crippen molar-refractivity contribution in [2.24, 2.45) is 0 Å². The lowest BCUT2D eigenvalue weighted by Gasteiger charge is -2.23. The topological polar surface area (TPSA) is 34.5 Å². The SMILES string of the molecule is COCCN(Cc1cccn1Cc1cccc(Cl)c1)C(=O)c1ccc(C)cc1. The van der Waals surface area contributed by atoms with Gasteiger partial charge in [0.05, 0.1) is 13.2 Å². The van der Waals surface area contributed by atoms with Gasteiger partial charge in [0, 0.05) is 42.7 Å². The van der Waals surface area contributed by atoms with Crippen LogP contribution < -0.4 is 0 Å². The standard InChI is InChI=1S/C23H25ClN2O2/c1-18-8-10-20(11-9-18)23(27)26(13-14-28-2)17-22-7-4-12-25(22)16-19-5-3-6-21(24)15-19/h3-12,15H,13-14,16-17H2,1-2H3. The molecule has 0 bridgehead atoms. The number of rotatable bonds is 8. The second-order valence-corrected chi connectivity index (χ2v) is 7.28. The Morgan fingerprint density at radius 1 is 1.11 bits per heavy atom. The number of benzene rings is 2. The Kier molecular flexibility index (Phi) is 6.90. The van der Waals surface area contributed by atoms with Crippen molar-refractivity contribution in [2.45, 2.75) is 20.0 Å². The smallest absolute Gasteiger partial charge is 0.254 e. The summed E-state index contributed by atoms with van der Waals surface area (Å²) in [6, 6.07) is 19.6. The fraction of sp³-hybridized carbons (Fsp3) is 0.261. The lowest BCUT2D eigenvalue weighted by molar-refractivity contribution is 0.0676. The molecule has 3 aromatic rings. The van der Waals surface area contributed by atoms with E-state index in [0.29, 0.717) is 31.8 Å². The second-order valence-electron chi connectivity index (χ2n) is 6.84. The predicted octanol–water partition coefficient (Wildman–Crippen LogP) is 4.79. The summed E-state index contributed by atoms with van der Waals surface area (Å²) in [5.74, 6) is 0.00700. The van der Waals surface area contributed by atoms with Crippen molar-refractivity contribution in [2.75, 3.05) is 20.3 Å². The van der Waals surface area contributed by atoms with E-state index in [9.17, 15) is 4.79 Å². The highest BCUT2D eigenvalue weighted by molar-refractivity contribution is 6.30. The average molecular weight is 397 g/mol. The van der Waals surface area contributed by atoms with E-state index in [1.807, 2.05) is 72.6 Å². The van der Waals surface area contributed by atoms with Crippen molar-refractivity contribution >= 4 is 17.5 Å². The summed E-state index contributed by atoms with van der Waals surface area (Å²) in [4.78, 5) is 14.9. The molecule has 3 rings (SSSR count). The molecular formula is C23H25ClN2O2. The van der Waals surface area contributed by atoms with E-state index in [1.165, 1.54) is 0 Å². The van der Waals surface area contributed by atoms with Crippen LogP contribution in [0, 0.1) is 6.92 Å². The van der Waals surface area contributed by atoms with Crippen LogP contribution in [0.25, 0.3) is 0 Å². The quantitative estimate of drug-likeness (QED) is 0.548. The molecule has 1 aromatic heterocycles. The first-order chi connectivity index (χ1) is 13.6. The number of aromatic nitrogens is 1. The van der Waals surface area contributed by atoms with Crippen LogP contribution >= 0.6 is 11.6 Å². The minimum atomic E-state index is 0.00700. The van der Waals surface area contributed by atoms with Gasteiger partial charge in [0.1, 0.15) is 0 Å². The fourth-order valence-corrected chi connectivity index (χ4v) is 3.32. The van der Waals surface area contributed by atoms with Crippen LogP contribution in [0.1, 0.15) is 27.2 Å². The molecule has 0 aliphatic carbocycles. The van der Waals surface area contributed by atoms with Gasteiger partial charge in [-0.1, -0.05) is 41.4 Å². The van der Waals surface area contributed by atoms with Gasteiger partial charge in [-0.3, -0.25) is 4.79 Å². The van der Waals surface area contributed by atoms with Crippen molar-refractivity contribution in [3.63, 3.8) is 0 Å². The van der Waals surface area contributed by atoms with E-state index in [-0.39, 0.29) is 5.91 Å². The third-order valence-corrected chi connectivity index (χ3v) is 4.90. The minimum Gasteiger partial charge on any atom is -0.383 e. The van der Waals surface area contributed by atoms with Gasteiger partial charge in [0.2, 0.25) is 0 Å². The van der Waals surface area contributed by atoms with Gasteiger partial charge >= 0.3 is 0 Å². The number of methoxy groups -OCH3 is 1. The zero-order valence-corrected chi connectivity index (χ0v) is 17.0. The number of halogens is 1. The summed E-state index contributed by atoms with van der Waals surface area (Å²) < 4.78 is 7.37. The number of hydrogen-bond acceptors (Lipinski definition) is 2. The normalized spacial score (nSPS) is 10.8. The molecule has 0 aliphatic heterocycles. The molecule has 0 atom stereocenters. The van der Waals surface area contributed by atoms with Crippen molar-refractivity contribution < 1.29 is 9.53 Å². The molecule has 0 radical (unpaired) electrons. The maximum absolute atomic E-state index is 13.0. The third kappa shape index (κ3) is 5.24. The number of amides is 1. The van der Waals surface area contributed by atoms with E-state index in [0.717, 1.165) is 21.8 Å². The van der Waals surface area contributed by atoms with Crippen LogP contribution in [0.15, 0.2) is 66.9 Å². The van der Waals surface area contributed by atoms with Gasteiger partial charge in [0.15, 0.2) is 0 Å². The maximum Gasteiger partial charge on any atom is 0.254 e. The molecule has 146 valence electrons. The van der Waals surface area contributed by atoms with E-state index in [2.05, 4.69) is 10.6 Å². The highest BCUT2D eigenvalue weighted by Crippen LogP contribution is 2.16. The molecular weight excluding hydrogens is 372 g/mol. The van der Waals surface area contributed by atoms with Crippen molar-refractivity contribution in [1.82, 2.24) is 9.47 Å². The average Bonchev–Trinajstić information content (AvgIpc) is 3.12. The summed E-state index contributed by atoms with van der Waals surface area (Å²) in [6.45, 7) is 4.27. The summed E-state index contributed by atoms with van der Waals surface area (Å²) in [5, 5.41) is 0.725. The summed E-state index contributed by atoms with van der Waals surface area (Å²) in [7, 11) is 1.65. The van der Waals surface area contributed by atoms with Crippen molar-refractivity contribution in [3.05, 3.63) is 94.3 Å². The Balaban J connectivity index is 1.78. The molecule has 1 heterocycles. The van der Waals surface area contributed by atoms with Gasteiger partial charge < -0.3 is 14.2 Å². The molecule has 0 unspecified atom stereocenters. The number of carbonyl (C=O) groups is 1. The summed E-state index contributed by atoms with van der Waals surface area (Å²) >= 11 is 6.11. The molecule has 2 aromatic carbocycles. The first kappa shape index (κ1) is 20.2. The van der Waals surface area contributed by atoms with Crippen LogP contribution in [0.4, 0.5) is 0 Å². The van der Waals surface area contributed by atoms with Crippen molar-refractivity contribution in [3.8, 4) is 0 Å². The molecule has 28 heavy (non-hydrogen) atoms. The molecule has 4 nitrogen and oxygen atoms in total. The van der Waals surface area contributed by atoms with Gasteiger partial charge in [-0.2, -0.15) is 0 Å². The number of aryl methyl sites for hydroxylation is 1. The Labute approximate surface area is 171 Å². The zero-order valence-electron chi connectivity index (χ0n) is 16.3. The molecule has 0 fully saturated rings. The predicted molar refractivity (Wildman–Crippen MR) is 113 cm³/mol. The van der Waals surface area contributed by atoms with E-state index < -0.39 is 0 Å². The van der Waals surface area contributed by atoms with Crippen LogP contribution in [0.2, 0.25) is 5.02 Å². The Morgan fingerprint density at radius 2 is 1.89 bits per heavy atom.